The number of likely N-dealkylation sites (tertiary alicyclic amines) is 1. The number of rotatable bonds is 5. The van der Waals surface area contributed by atoms with Crippen LogP contribution < -0.4 is 16.2 Å². The van der Waals surface area contributed by atoms with Crippen LogP contribution in [0.4, 0.5) is 0 Å². The van der Waals surface area contributed by atoms with Crippen LogP contribution in [0.5, 0.6) is 0 Å². The largest absolute Gasteiger partial charge is 0.353 e. The molecule has 2 saturated heterocycles. The number of hydrogen-bond acceptors (Lipinski definition) is 4. The van der Waals surface area contributed by atoms with Gasteiger partial charge in [0.15, 0.2) is 0 Å². The highest BCUT2D eigenvalue weighted by Crippen LogP contribution is 2.27. The Balaban J connectivity index is 1.24. The summed E-state index contributed by atoms with van der Waals surface area (Å²) in [5, 5.41) is 3.34. The van der Waals surface area contributed by atoms with Crippen LogP contribution in [0, 0.1) is 11.8 Å². The summed E-state index contributed by atoms with van der Waals surface area (Å²) in [6, 6.07) is 10.7. The quantitative estimate of drug-likeness (QED) is 0.746. The van der Waals surface area contributed by atoms with E-state index >= 15 is 0 Å². The third-order valence-corrected chi connectivity index (χ3v) is 6.65. The predicted molar refractivity (Wildman–Crippen MR) is 108 cm³/mol. The Hall–Kier alpha value is -1.43. The van der Waals surface area contributed by atoms with E-state index < -0.39 is 0 Å². The normalized spacial score (nSPS) is 28.3. The van der Waals surface area contributed by atoms with Crippen LogP contribution in [0.2, 0.25) is 0 Å². The summed E-state index contributed by atoms with van der Waals surface area (Å²) in [6.07, 6.45) is 9.27. The number of nitrogens with zero attached hydrogens (tertiary/aromatic N) is 1. The molecule has 3 fully saturated rings. The number of benzene rings is 1. The average molecular weight is 371 g/mol. The van der Waals surface area contributed by atoms with E-state index in [4.69, 9.17) is 0 Å². The van der Waals surface area contributed by atoms with Gasteiger partial charge in [0.25, 0.3) is 0 Å². The minimum absolute atomic E-state index is 0.0485. The van der Waals surface area contributed by atoms with Gasteiger partial charge in [-0.05, 0) is 37.2 Å². The molecule has 1 aliphatic carbocycles. The van der Waals surface area contributed by atoms with Gasteiger partial charge in [-0.1, -0.05) is 49.6 Å². The molecule has 1 saturated carbocycles. The number of carbonyl (C=O) groups excluding carboxylic acids is 1. The summed E-state index contributed by atoms with van der Waals surface area (Å²) in [7, 11) is 0. The number of amides is 1. The molecule has 2 heterocycles. The van der Waals surface area contributed by atoms with Crippen molar-refractivity contribution in [3.63, 3.8) is 0 Å². The van der Waals surface area contributed by atoms with Gasteiger partial charge in [0.1, 0.15) is 0 Å². The molecule has 3 N–H and O–H groups in total. The van der Waals surface area contributed by atoms with Crippen molar-refractivity contribution in [1.29, 1.82) is 0 Å². The SMILES string of the molecule is O=C(NC1CCN(CC2CCCCC2)CC1)C1CNNC1c1ccccc1. The molecule has 148 valence electrons. The second-order valence-corrected chi connectivity index (χ2v) is 8.61. The first-order chi connectivity index (χ1) is 13.3. The molecule has 3 aliphatic rings. The molecule has 2 unspecified atom stereocenters. The van der Waals surface area contributed by atoms with Crippen molar-refractivity contribution in [3.05, 3.63) is 35.9 Å². The molecule has 2 atom stereocenters. The zero-order valence-corrected chi connectivity index (χ0v) is 16.3. The van der Waals surface area contributed by atoms with Crippen molar-refractivity contribution in [3.8, 4) is 0 Å². The third kappa shape index (κ3) is 4.89. The van der Waals surface area contributed by atoms with Gasteiger partial charge in [0.2, 0.25) is 5.91 Å². The van der Waals surface area contributed by atoms with Crippen molar-refractivity contribution >= 4 is 5.91 Å². The van der Waals surface area contributed by atoms with E-state index in [2.05, 4.69) is 33.2 Å². The molecule has 1 aromatic rings. The Bertz CT molecular complexity index is 594. The van der Waals surface area contributed by atoms with E-state index in [1.54, 1.807) is 0 Å². The zero-order chi connectivity index (χ0) is 18.5. The molecule has 4 rings (SSSR count). The van der Waals surface area contributed by atoms with Gasteiger partial charge < -0.3 is 10.2 Å². The van der Waals surface area contributed by atoms with E-state index in [0.717, 1.165) is 31.8 Å². The molecule has 1 amide bonds. The monoisotopic (exact) mass is 370 g/mol. The third-order valence-electron chi connectivity index (χ3n) is 6.65. The molecular weight excluding hydrogens is 336 g/mol. The standard InChI is InChI=1S/C22H34N4O/c27-22(20-15-23-25-21(20)18-9-5-2-6-10-18)24-19-11-13-26(14-12-19)16-17-7-3-1-4-8-17/h2,5-6,9-10,17,19-21,23,25H,1,3-4,7-8,11-16H2,(H,24,27). The number of hydrazine groups is 1. The predicted octanol–water partition coefficient (Wildman–Crippen LogP) is 2.61. The van der Waals surface area contributed by atoms with Crippen LogP contribution in [0.1, 0.15) is 56.6 Å². The van der Waals surface area contributed by atoms with Crippen LogP contribution in [-0.2, 0) is 4.79 Å². The van der Waals surface area contributed by atoms with Crippen LogP contribution >= 0.6 is 0 Å². The summed E-state index contributed by atoms with van der Waals surface area (Å²) in [5.74, 6) is 1.05. The maximum atomic E-state index is 12.9. The highest BCUT2D eigenvalue weighted by molar-refractivity contribution is 5.80. The van der Waals surface area contributed by atoms with Gasteiger partial charge in [-0.2, -0.15) is 0 Å². The second-order valence-electron chi connectivity index (χ2n) is 8.61. The molecule has 1 aromatic carbocycles. The molecule has 0 bridgehead atoms. The highest BCUT2D eigenvalue weighted by atomic mass is 16.2. The Morgan fingerprint density at radius 1 is 1.04 bits per heavy atom. The van der Waals surface area contributed by atoms with Crippen LogP contribution in [-0.4, -0.2) is 43.0 Å². The van der Waals surface area contributed by atoms with E-state index in [0.29, 0.717) is 12.6 Å². The van der Waals surface area contributed by atoms with Crippen LogP contribution in [0.25, 0.3) is 0 Å². The smallest absolute Gasteiger partial charge is 0.226 e. The summed E-state index contributed by atoms with van der Waals surface area (Å²) in [4.78, 5) is 15.5. The topological polar surface area (TPSA) is 56.4 Å². The lowest BCUT2D eigenvalue weighted by atomic mass is 9.88. The van der Waals surface area contributed by atoms with Gasteiger partial charge in [-0.25, -0.2) is 5.43 Å². The molecule has 0 spiro atoms. The lowest BCUT2D eigenvalue weighted by Gasteiger charge is -2.36. The molecule has 0 aromatic heterocycles. The van der Waals surface area contributed by atoms with Crippen molar-refractivity contribution in [2.75, 3.05) is 26.2 Å². The fraction of sp³-hybridized carbons (Fsp3) is 0.682. The van der Waals surface area contributed by atoms with Gasteiger partial charge in [-0.15, -0.1) is 0 Å². The minimum atomic E-state index is -0.0485. The molecule has 5 nitrogen and oxygen atoms in total. The molecule has 0 radical (unpaired) electrons. The Labute approximate surface area is 163 Å². The Morgan fingerprint density at radius 3 is 2.52 bits per heavy atom. The van der Waals surface area contributed by atoms with E-state index in [-0.39, 0.29) is 17.9 Å². The molecule has 5 heteroatoms. The maximum absolute atomic E-state index is 12.9. The van der Waals surface area contributed by atoms with Crippen molar-refractivity contribution in [2.24, 2.45) is 11.8 Å². The van der Waals surface area contributed by atoms with Gasteiger partial charge >= 0.3 is 0 Å². The summed E-state index contributed by atoms with van der Waals surface area (Å²) in [5.41, 5.74) is 7.62. The van der Waals surface area contributed by atoms with Crippen LogP contribution in [0.15, 0.2) is 30.3 Å². The lowest BCUT2D eigenvalue weighted by molar-refractivity contribution is -0.126. The van der Waals surface area contributed by atoms with Gasteiger partial charge in [0, 0.05) is 32.2 Å². The zero-order valence-electron chi connectivity index (χ0n) is 16.3. The average Bonchev–Trinajstić information content (AvgIpc) is 3.21. The highest BCUT2D eigenvalue weighted by Gasteiger charge is 2.35. The maximum Gasteiger partial charge on any atom is 0.226 e. The first-order valence-corrected chi connectivity index (χ1v) is 10.9. The second kappa shape index (κ2) is 9.18. The summed E-state index contributed by atoms with van der Waals surface area (Å²) < 4.78 is 0. The fourth-order valence-corrected chi connectivity index (χ4v) is 5.02. The summed E-state index contributed by atoms with van der Waals surface area (Å²) in [6.45, 7) is 4.22. The first-order valence-electron chi connectivity index (χ1n) is 10.9. The Morgan fingerprint density at radius 2 is 1.78 bits per heavy atom. The van der Waals surface area contributed by atoms with Gasteiger partial charge in [0.05, 0.1) is 12.0 Å². The van der Waals surface area contributed by atoms with E-state index in [1.807, 2.05) is 18.2 Å². The number of carbonyl (C=O) groups is 1. The first kappa shape index (κ1) is 18.9. The van der Waals surface area contributed by atoms with E-state index in [9.17, 15) is 4.79 Å². The number of nitrogens with one attached hydrogen (secondary N) is 3. The van der Waals surface area contributed by atoms with Crippen molar-refractivity contribution < 1.29 is 4.79 Å². The number of piperidine rings is 1. The minimum Gasteiger partial charge on any atom is -0.353 e. The van der Waals surface area contributed by atoms with Gasteiger partial charge in [-0.3, -0.25) is 10.2 Å². The van der Waals surface area contributed by atoms with E-state index in [1.165, 1.54) is 44.2 Å². The molecule has 27 heavy (non-hydrogen) atoms. The van der Waals surface area contributed by atoms with Crippen molar-refractivity contribution in [1.82, 2.24) is 21.1 Å². The lowest BCUT2D eigenvalue weighted by Crippen LogP contribution is -2.48. The Kier molecular flexibility index (Phi) is 6.43. The van der Waals surface area contributed by atoms with Crippen molar-refractivity contribution in [2.45, 2.75) is 57.0 Å². The fourth-order valence-electron chi connectivity index (χ4n) is 5.02. The summed E-state index contributed by atoms with van der Waals surface area (Å²) >= 11 is 0. The molecule has 2 aliphatic heterocycles. The van der Waals surface area contributed by atoms with Crippen LogP contribution in [0.3, 0.4) is 0 Å². The number of hydrogen-bond donors (Lipinski definition) is 3. The molecular formula is C22H34N4O.